The lowest BCUT2D eigenvalue weighted by Crippen LogP contribution is -2.38. The Kier molecular flexibility index (Phi) is 5.88. The Morgan fingerprint density at radius 3 is 2.27 bits per heavy atom. The second kappa shape index (κ2) is 6.11. The Balaban J connectivity index is 4.66. The highest BCUT2D eigenvalue weighted by atomic mass is 16.5. The third-order valence-electron chi connectivity index (χ3n) is 3.62. The molecule has 3 heteroatoms. The minimum absolute atomic E-state index is 0.0593. The van der Waals surface area contributed by atoms with Crippen molar-refractivity contribution in [3.63, 3.8) is 0 Å². The van der Waals surface area contributed by atoms with Crippen LogP contribution in [0.25, 0.3) is 0 Å². The maximum Gasteiger partial charge on any atom is 0.246 e. The molecule has 0 fully saturated rings. The van der Waals surface area contributed by atoms with Gasteiger partial charge >= 0.3 is 0 Å². The predicted octanol–water partition coefficient (Wildman–Crippen LogP) is 2.98. The van der Waals surface area contributed by atoms with E-state index in [-0.39, 0.29) is 17.2 Å². The molecule has 0 saturated carbocycles. The SMILES string of the molecule is CCC(C)CC(C(=O)NO)C(C)(C)CC. The van der Waals surface area contributed by atoms with E-state index in [2.05, 4.69) is 34.6 Å². The minimum atomic E-state index is -0.248. The van der Waals surface area contributed by atoms with Gasteiger partial charge in [0.1, 0.15) is 0 Å². The monoisotopic (exact) mass is 215 g/mol. The van der Waals surface area contributed by atoms with E-state index in [0.29, 0.717) is 5.92 Å². The molecule has 0 spiro atoms. The number of rotatable bonds is 6. The fraction of sp³-hybridized carbons (Fsp3) is 0.917. The van der Waals surface area contributed by atoms with Gasteiger partial charge in [0.15, 0.2) is 0 Å². The van der Waals surface area contributed by atoms with Crippen LogP contribution in [-0.4, -0.2) is 11.1 Å². The Hall–Kier alpha value is -0.570. The predicted molar refractivity (Wildman–Crippen MR) is 61.6 cm³/mol. The zero-order valence-corrected chi connectivity index (χ0v) is 10.6. The molecule has 0 radical (unpaired) electrons. The summed E-state index contributed by atoms with van der Waals surface area (Å²) in [7, 11) is 0. The molecule has 0 aliphatic rings. The molecule has 0 bridgehead atoms. The first kappa shape index (κ1) is 14.4. The zero-order valence-electron chi connectivity index (χ0n) is 10.6. The van der Waals surface area contributed by atoms with Crippen LogP contribution < -0.4 is 5.48 Å². The van der Waals surface area contributed by atoms with Gasteiger partial charge in [-0.25, -0.2) is 5.48 Å². The summed E-state index contributed by atoms with van der Waals surface area (Å²) in [4.78, 5) is 11.6. The van der Waals surface area contributed by atoms with Gasteiger partial charge in [-0.1, -0.05) is 47.5 Å². The number of nitrogens with one attached hydrogen (secondary N) is 1. The third-order valence-corrected chi connectivity index (χ3v) is 3.62. The normalized spacial score (nSPS) is 15.9. The lowest BCUT2D eigenvalue weighted by Gasteiger charge is -2.33. The van der Waals surface area contributed by atoms with E-state index in [0.717, 1.165) is 19.3 Å². The number of amides is 1. The number of carbonyl (C=O) groups excluding carboxylic acids is 1. The molecule has 2 N–H and O–H groups in total. The first-order valence-corrected chi connectivity index (χ1v) is 5.82. The Bertz CT molecular complexity index is 202. The van der Waals surface area contributed by atoms with Crippen molar-refractivity contribution in [1.82, 2.24) is 5.48 Å². The average molecular weight is 215 g/mol. The smallest absolute Gasteiger partial charge is 0.246 e. The standard InChI is InChI=1S/C12H25NO2/c1-6-9(3)8-10(11(14)13-15)12(4,5)7-2/h9-10,15H,6-8H2,1-5H3,(H,13,14). The maximum atomic E-state index is 11.6. The van der Waals surface area contributed by atoms with Gasteiger partial charge in [0.2, 0.25) is 5.91 Å². The van der Waals surface area contributed by atoms with Gasteiger partial charge in [0.25, 0.3) is 0 Å². The van der Waals surface area contributed by atoms with Crippen molar-refractivity contribution in [2.75, 3.05) is 0 Å². The van der Waals surface area contributed by atoms with Crippen LogP contribution in [0.2, 0.25) is 0 Å². The van der Waals surface area contributed by atoms with Gasteiger partial charge in [0, 0.05) is 5.92 Å². The molecular weight excluding hydrogens is 190 g/mol. The summed E-state index contributed by atoms with van der Waals surface area (Å²) in [6, 6.07) is 0. The molecule has 90 valence electrons. The molecular formula is C12H25NO2. The average Bonchev–Trinajstić information content (AvgIpc) is 2.24. The van der Waals surface area contributed by atoms with E-state index in [1.807, 2.05) is 0 Å². The molecule has 0 aromatic heterocycles. The van der Waals surface area contributed by atoms with Crippen molar-refractivity contribution in [3.8, 4) is 0 Å². The minimum Gasteiger partial charge on any atom is -0.289 e. The molecule has 0 aromatic rings. The molecule has 0 rings (SSSR count). The first-order chi connectivity index (χ1) is 6.88. The van der Waals surface area contributed by atoms with Crippen LogP contribution >= 0.6 is 0 Å². The van der Waals surface area contributed by atoms with Crippen LogP contribution in [0.5, 0.6) is 0 Å². The second-order valence-corrected chi connectivity index (χ2v) is 5.12. The van der Waals surface area contributed by atoms with Crippen LogP contribution in [0, 0.1) is 17.3 Å². The number of carbonyl (C=O) groups is 1. The van der Waals surface area contributed by atoms with Gasteiger partial charge in [-0.05, 0) is 17.8 Å². The number of hydroxylamine groups is 1. The summed E-state index contributed by atoms with van der Waals surface area (Å²) in [5.74, 6) is 0.155. The maximum absolute atomic E-state index is 11.6. The lowest BCUT2D eigenvalue weighted by molar-refractivity contribution is -0.138. The van der Waals surface area contributed by atoms with E-state index in [1.165, 1.54) is 0 Å². The van der Waals surface area contributed by atoms with Crippen LogP contribution in [-0.2, 0) is 4.79 Å². The fourth-order valence-electron chi connectivity index (χ4n) is 1.67. The van der Waals surface area contributed by atoms with E-state index in [9.17, 15) is 4.79 Å². The molecule has 1 amide bonds. The summed E-state index contributed by atoms with van der Waals surface area (Å²) in [5, 5.41) is 8.75. The van der Waals surface area contributed by atoms with Gasteiger partial charge in [-0.15, -0.1) is 0 Å². The highest BCUT2D eigenvalue weighted by Gasteiger charge is 2.34. The molecule has 3 nitrogen and oxygen atoms in total. The van der Waals surface area contributed by atoms with Crippen LogP contribution in [0.4, 0.5) is 0 Å². The summed E-state index contributed by atoms with van der Waals surface area (Å²) in [6.45, 7) is 10.5. The quantitative estimate of drug-likeness (QED) is 0.528. The van der Waals surface area contributed by atoms with Crippen LogP contribution in [0.3, 0.4) is 0 Å². The molecule has 15 heavy (non-hydrogen) atoms. The third kappa shape index (κ3) is 4.20. The Labute approximate surface area is 93.2 Å². The summed E-state index contributed by atoms with van der Waals surface area (Å²) >= 11 is 0. The van der Waals surface area contributed by atoms with Crippen molar-refractivity contribution in [1.29, 1.82) is 0 Å². The van der Waals surface area contributed by atoms with Crippen LogP contribution in [0.1, 0.15) is 53.9 Å². The molecule has 0 heterocycles. The van der Waals surface area contributed by atoms with E-state index < -0.39 is 0 Å². The van der Waals surface area contributed by atoms with Gasteiger partial charge < -0.3 is 0 Å². The molecule has 2 atom stereocenters. The number of hydrogen-bond donors (Lipinski definition) is 2. The fourth-order valence-corrected chi connectivity index (χ4v) is 1.67. The van der Waals surface area contributed by atoms with Gasteiger partial charge in [-0.3, -0.25) is 10.0 Å². The van der Waals surface area contributed by atoms with Gasteiger partial charge in [-0.2, -0.15) is 0 Å². The second-order valence-electron chi connectivity index (χ2n) is 5.12. The van der Waals surface area contributed by atoms with Crippen molar-refractivity contribution >= 4 is 5.91 Å². The zero-order chi connectivity index (χ0) is 12.1. The van der Waals surface area contributed by atoms with Crippen molar-refractivity contribution < 1.29 is 10.0 Å². The van der Waals surface area contributed by atoms with Gasteiger partial charge in [0.05, 0.1) is 0 Å². The highest BCUT2D eigenvalue weighted by molar-refractivity contribution is 5.78. The molecule has 0 aliphatic carbocycles. The van der Waals surface area contributed by atoms with E-state index >= 15 is 0 Å². The number of hydrogen-bond acceptors (Lipinski definition) is 2. The largest absolute Gasteiger partial charge is 0.289 e. The summed E-state index contributed by atoms with van der Waals surface area (Å²) in [5.41, 5.74) is 1.74. The summed E-state index contributed by atoms with van der Waals surface area (Å²) < 4.78 is 0. The van der Waals surface area contributed by atoms with Crippen molar-refractivity contribution in [3.05, 3.63) is 0 Å². The van der Waals surface area contributed by atoms with Crippen molar-refractivity contribution in [2.45, 2.75) is 53.9 Å². The lowest BCUT2D eigenvalue weighted by atomic mass is 9.72. The van der Waals surface area contributed by atoms with Crippen LogP contribution in [0.15, 0.2) is 0 Å². The molecule has 0 saturated heterocycles. The van der Waals surface area contributed by atoms with Crippen molar-refractivity contribution in [2.24, 2.45) is 17.3 Å². The van der Waals surface area contributed by atoms with E-state index in [4.69, 9.17) is 5.21 Å². The summed E-state index contributed by atoms with van der Waals surface area (Å²) in [6.07, 6.45) is 2.83. The van der Waals surface area contributed by atoms with E-state index in [1.54, 1.807) is 5.48 Å². The Morgan fingerprint density at radius 1 is 1.40 bits per heavy atom. The topological polar surface area (TPSA) is 49.3 Å². The molecule has 0 aliphatic heterocycles. The molecule has 0 aromatic carbocycles. The Morgan fingerprint density at radius 2 is 1.93 bits per heavy atom. The molecule has 2 unspecified atom stereocenters. The first-order valence-electron chi connectivity index (χ1n) is 5.82. The highest BCUT2D eigenvalue weighted by Crippen LogP contribution is 2.35.